The molecule has 4 nitrogen and oxygen atoms in total. The Morgan fingerprint density at radius 2 is 2.16 bits per heavy atom. The summed E-state index contributed by atoms with van der Waals surface area (Å²) in [4.78, 5) is 25.6. The molecular formula is C15H20N2O2. The SMILES string of the molecule is Cc1ccc(C)c(CC(=O)N2CCNC(=O)C2C)c1. The van der Waals surface area contributed by atoms with Crippen LogP contribution in [0.15, 0.2) is 18.2 Å². The first-order chi connectivity index (χ1) is 8.99. The van der Waals surface area contributed by atoms with Crippen LogP contribution in [0.5, 0.6) is 0 Å². The minimum absolute atomic E-state index is 0.0241. The molecule has 1 unspecified atom stereocenters. The third-order valence-corrected chi connectivity index (χ3v) is 3.67. The zero-order chi connectivity index (χ0) is 14.0. The molecule has 1 aromatic carbocycles. The zero-order valence-electron chi connectivity index (χ0n) is 11.7. The van der Waals surface area contributed by atoms with Gasteiger partial charge in [-0.05, 0) is 31.9 Å². The maximum absolute atomic E-state index is 12.3. The molecule has 0 spiro atoms. The van der Waals surface area contributed by atoms with Gasteiger partial charge in [0.2, 0.25) is 11.8 Å². The quantitative estimate of drug-likeness (QED) is 0.868. The fraction of sp³-hybridized carbons (Fsp3) is 0.467. The van der Waals surface area contributed by atoms with Gasteiger partial charge < -0.3 is 10.2 Å². The number of nitrogens with one attached hydrogen (secondary N) is 1. The third-order valence-electron chi connectivity index (χ3n) is 3.67. The molecule has 0 aliphatic carbocycles. The summed E-state index contributed by atoms with van der Waals surface area (Å²) in [7, 11) is 0. The van der Waals surface area contributed by atoms with Gasteiger partial charge >= 0.3 is 0 Å². The highest BCUT2D eigenvalue weighted by atomic mass is 16.2. The van der Waals surface area contributed by atoms with E-state index in [1.165, 1.54) is 0 Å². The van der Waals surface area contributed by atoms with Gasteiger partial charge in [0, 0.05) is 13.1 Å². The zero-order valence-corrected chi connectivity index (χ0v) is 11.7. The Morgan fingerprint density at radius 3 is 2.89 bits per heavy atom. The molecule has 0 aromatic heterocycles. The first-order valence-corrected chi connectivity index (χ1v) is 6.62. The summed E-state index contributed by atoms with van der Waals surface area (Å²) in [6, 6.07) is 5.75. The second-order valence-electron chi connectivity index (χ2n) is 5.16. The molecule has 1 atom stereocenters. The minimum Gasteiger partial charge on any atom is -0.353 e. The van der Waals surface area contributed by atoms with Crippen LogP contribution in [0.1, 0.15) is 23.6 Å². The van der Waals surface area contributed by atoms with Crippen molar-refractivity contribution < 1.29 is 9.59 Å². The van der Waals surface area contributed by atoms with Crippen molar-refractivity contribution in [3.8, 4) is 0 Å². The lowest BCUT2D eigenvalue weighted by Gasteiger charge is -2.33. The highest BCUT2D eigenvalue weighted by Crippen LogP contribution is 2.14. The molecule has 0 bridgehead atoms. The molecule has 102 valence electrons. The van der Waals surface area contributed by atoms with E-state index in [2.05, 4.69) is 5.32 Å². The van der Waals surface area contributed by atoms with Crippen LogP contribution in [-0.2, 0) is 16.0 Å². The van der Waals surface area contributed by atoms with Crippen molar-refractivity contribution in [1.82, 2.24) is 10.2 Å². The van der Waals surface area contributed by atoms with Crippen LogP contribution in [-0.4, -0.2) is 35.8 Å². The summed E-state index contributed by atoms with van der Waals surface area (Å²) >= 11 is 0. The van der Waals surface area contributed by atoms with E-state index < -0.39 is 0 Å². The summed E-state index contributed by atoms with van der Waals surface area (Å²) in [6.07, 6.45) is 0.366. The largest absolute Gasteiger partial charge is 0.353 e. The van der Waals surface area contributed by atoms with Crippen molar-refractivity contribution in [3.63, 3.8) is 0 Å². The Labute approximate surface area is 113 Å². The average Bonchev–Trinajstić information content (AvgIpc) is 2.37. The topological polar surface area (TPSA) is 49.4 Å². The first kappa shape index (κ1) is 13.6. The number of nitrogens with zero attached hydrogens (tertiary/aromatic N) is 1. The molecule has 19 heavy (non-hydrogen) atoms. The molecule has 4 heteroatoms. The number of hydrogen-bond acceptors (Lipinski definition) is 2. The van der Waals surface area contributed by atoms with Gasteiger partial charge in [0.25, 0.3) is 0 Å². The number of piperazine rings is 1. The van der Waals surface area contributed by atoms with Crippen molar-refractivity contribution in [2.24, 2.45) is 0 Å². The first-order valence-electron chi connectivity index (χ1n) is 6.62. The van der Waals surface area contributed by atoms with Crippen LogP contribution in [0.4, 0.5) is 0 Å². The van der Waals surface area contributed by atoms with Crippen molar-refractivity contribution in [1.29, 1.82) is 0 Å². The standard InChI is InChI=1S/C15H20N2O2/c1-10-4-5-11(2)13(8-10)9-14(18)17-7-6-16-15(19)12(17)3/h4-5,8,12H,6-7,9H2,1-3H3,(H,16,19). The van der Waals surface area contributed by atoms with Gasteiger partial charge in [-0.1, -0.05) is 23.8 Å². The Balaban J connectivity index is 2.12. The lowest BCUT2D eigenvalue weighted by Crippen LogP contribution is -2.56. The second kappa shape index (κ2) is 5.43. The molecule has 1 heterocycles. The summed E-state index contributed by atoms with van der Waals surface area (Å²) in [5.41, 5.74) is 3.31. The van der Waals surface area contributed by atoms with Gasteiger partial charge in [-0.25, -0.2) is 0 Å². The van der Waals surface area contributed by atoms with Gasteiger partial charge in [0.1, 0.15) is 6.04 Å². The predicted molar refractivity (Wildman–Crippen MR) is 73.8 cm³/mol. The fourth-order valence-electron chi connectivity index (χ4n) is 2.38. The van der Waals surface area contributed by atoms with E-state index >= 15 is 0 Å². The van der Waals surface area contributed by atoms with Crippen molar-refractivity contribution in [2.75, 3.05) is 13.1 Å². The van der Waals surface area contributed by atoms with Crippen LogP contribution < -0.4 is 5.32 Å². The Kier molecular flexibility index (Phi) is 3.88. The normalized spacial score (nSPS) is 19.2. The van der Waals surface area contributed by atoms with Crippen LogP contribution in [0, 0.1) is 13.8 Å². The van der Waals surface area contributed by atoms with E-state index in [4.69, 9.17) is 0 Å². The van der Waals surface area contributed by atoms with E-state index in [-0.39, 0.29) is 17.9 Å². The third kappa shape index (κ3) is 2.95. The highest BCUT2D eigenvalue weighted by molar-refractivity contribution is 5.89. The van der Waals surface area contributed by atoms with Crippen molar-refractivity contribution in [3.05, 3.63) is 34.9 Å². The summed E-state index contributed by atoms with van der Waals surface area (Å²) < 4.78 is 0. The maximum Gasteiger partial charge on any atom is 0.242 e. The number of carbonyl (C=O) groups is 2. The van der Waals surface area contributed by atoms with E-state index in [0.717, 1.165) is 16.7 Å². The monoisotopic (exact) mass is 260 g/mol. The lowest BCUT2D eigenvalue weighted by molar-refractivity contribution is -0.142. The molecule has 1 saturated heterocycles. The molecular weight excluding hydrogens is 240 g/mol. The van der Waals surface area contributed by atoms with Crippen LogP contribution in [0.3, 0.4) is 0 Å². The number of carbonyl (C=O) groups excluding carboxylic acids is 2. The molecule has 0 saturated carbocycles. The smallest absolute Gasteiger partial charge is 0.242 e. The van der Waals surface area contributed by atoms with E-state index in [0.29, 0.717) is 19.5 Å². The van der Waals surface area contributed by atoms with Gasteiger partial charge in [-0.2, -0.15) is 0 Å². The molecule has 1 N–H and O–H groups in total. The Hall–Kier alpha value is -1.84. The number of benzene rings is 1. The van der Waals surface area contributed by atoms with E-state index in [9.17, 15) is 9.59 Å². The van der Waals surface area contributed by atoms with E-state index in [1.807, 2.05) is 32.0 Å². The van der Waals surface area contributed by atoms with Crippen LogP contribution in [0.25, 0.3) is 0 Å². The molecule has 1 aromatic rings. The molecule has 0 radical (unpaired) electrons. The highest BCUT2D eigenvalue weighted by Gasteiger charge is 2.29. The number of hydrogen-bond donors (Lipinski definition) is 1. The predicted octanol–water partition coefficient (Wildman–Crippen LogP) is 1.19. The van der Waals surface area contributed by atoms with Gasteiger partial charge in [-0.15, -0.1) is 0 Å². The average molecular weight is 260 g/mol. The van der Waals surface area contributed by atoms with Gasteiger partial charge in [-0.3, -0.25) is 9.59 Å². The Bertz CT molecular complexity index is 511. The van der Waals surface area contributed by atoms with Crippen LogP contribution in [0.2, 0.25) is 0 Å². The molecule has 2 amide bonds. The number of rotatable bonds is 2. The van der Waals surface area contributed by atoms with Gasteiger partial charge in [0.15, 0.2) is 0 Å². The van der Waals surface area contributed by atoms with Crippen molar-refractivity contribution >= 4 is 11.8 Å². The fourth-order valence-corrected chi connectivity index (χ4v) is 2.38. The number of aryl methyl sites for hydroxylation is 2. The minimum atomic E-state index is -0.369. The molecule has 1 fully saturated rings. The molecule has 1 aliphatic rings. The van der Waals surface area contributed by atoms with E-state index in [1.54, 1.807) is 11.8 Å². The lowest BCUT2D eigenvalue weighted by atomic mass is 10.0. The molecule has 2 rings (SSSR count). The summed E-state index contributed by atoms with van der Waals surface area (Å²) in [5.74, 6) is -0.0448. The second-order valence-corrected chi connectivity index (χ2v) is 5.16. The molecule has 1 aliphatic heterocycles. The maximum atomic E-state index is 12.3. The Morgan fingerprint density at radius 1 is 1.42 bits per heavy atom. The number of amides is 2. The van der Waals surface area contributed by atoms with Crippen LogP contribution >= 0.6 is 0 Å². The summed E-state index contributed by atoms with van der Waals surface area (Å²) in [5, 5.41) is 2.77. The summed E-state index contributed by atoms with van der Waals surface area (Å²) in [6.45, 7) is 6.94. The van der Waals surface area contributed by atoms with Gasteiger partial charge in [0.05, 0.1) is 6.42 Å². The van der Waals surface area contributed by atoms with Crippen molar-refractivity contribution in [2.45, 2.75) is 33.2 Å².